The summed E-state index contributed by atoms with van der Waals surface area (Å²) in [6, 6.07) is 6.75. The molecule has 1 heterocycles. The molecule has 2 rings (SSSR count). The Bertz CT molecular complexity index is 645. The van der Waals surface area contributed by atoms with Crippen molar-refractivity contribution in [2.24, 2.45) is 5.73 Å². The lowest BCUT2D eigenvalue weighted by Crippen LogP contribution is -2.36. The maximum atomic E-state index is 11.4. The quantitative estimate of drug-likeness (QED) is 0.603. The number of hydrogen-bond acceptors (Lipinski definition) is 4. The Morgan fingerprint density at radius 1 is 1.25 bits per heavy atom. The highest BCUT2D eigenvalue weighted by Crippen LogP contribution is 2.07. The van der Waals surface area contributed by atoms with Crippen molar-refractivity contribution in [3.05, 3.63) is 40.9 Å². The molecule has 0 spiro atoms. The highest BCUT2D eigenvalue weighted by atomic mass is 16.2. The molecule has 0 bridgehead atoms. The number of amides is 1. The number of primary amides is 1. The van der Waals surface area contributed by atoms with E-state index in [0.29, 0.717) is 15.5 Å². The third-order valence-corrected chi connectivity index (χ3v) is 2.06. The Morgan fingerprint density at radius 2 is 1.94 bits per heavy atom. The number of hydrogen-bond donors (Lipinski definition) is 1. The predicted molar refractivity (Wildman–Crippen MR) is 55.8 cm³/mol. The molecule has 2 aromatic rings. The van der Waals surface area contributed by atoms with Crippen LogP contribution in [0.4, 0.5) is 0 Å². The van der Waals surface area contributed by atoms with Gasteiger partial charge in [-0.05, 0) is 6.07 Å². The highest BCUT2D eigenvalue weighted by Gasteiger charge is 2.14. The maximum absolute atomic E-state index is 11.4. The molecule has 0 saturated heterocycles. The summed E-state index contributed by atoms with van der Waals surface area (Å²) in [4.78, 5) is 37.0. The lowest BCUT2D eigenvalue weighted by molar-refractivity contribution is -0.114. The first-order valence-electron chi connectivity index (χ1n) is 4.42. The number of nitrogens with two attached hydrogens (primary N) is 1. The summed E-state index contributed by atoms with van der Waals surface area (Å²) in [6.07, 6.45) is 1.25. The molecule has 6 heteroatoms. The molecule has 16 heavy (non-hydrogen) atoms. The molecule has 0 atom stereocenters. The van der Waals surface area contributed by atoms with Crippen LogP contribution >= 0.6 is 0 Å². The summed E-state index contributed by atoms with van der Waals surface area (Å²) in [5, 5.41) is 0.580. The molecule has 1 aromatic carbocycles. The predicted octanol–water partition coefficient (Wildman–Crippen LogP) is -0.478. The number of fused-ring (bicyclic) bond motifs is 1. The van der Waals surface area contributed by atoms with Gasteiger partial charge in [0.15, 0.2) is 0 Å². The van der Waals surface area contributed by atoms with E-state index in [1.54, 1.807) is 24.3 Å². The Kier molecular flexibility index (Phi) is 2.24. The van der Waals surface area contributed by atoms with Gasteiger partial charge in [0.1, 0.15) is 0 Å². The molecule has 0 unspecified atom stereocenters. The normalized spacial score (nSPS) is 10.2. The number of rotatable bonds is 0. The van der Waals surface area contributed by atoms with E-state index in [2.05, 4.69) is 4.98 Å². The average Bonchev–Trinajstić information content (AvgIpc) is 2.27. The Hall–Kier alpha value is -2.50. The minimum Gasteiger partial charge on any atom is -0.361 e. The van der Waals surface area contributed by atoms with E-state index in [9.17, 15) is 14.4 Å². The van der Waals surface area contributed by atoms with Gasteiger partial charge in [0.25, 0.3) is 0 Å². The molecule has 80 valence electrons. The Balaban J connectivity index is 2.72. The van der Waals surface area contributed by atoms with Gasteiger partial charge in [-0.15, -0.1) is 0 Å². The summed E-state index contributed by atoms with van der Waals surface area (Å²) in [5.74, 6) is -2.29. The number of carbonyl (C=O) groups is 2. The Morgan fingerprint density at radius 3 is 2.62 bits per heavy atom. The van der Waals surface area contributed by atoms with Crippen LogP contribution in [-0.2, 0) is 4.79 Å². The first kappa shape index (κ1) is 10.0. The molecule has 0 aliphatic heterocycles. The van der Waals surface area contributed by atoms with Gasteiger partial charge in [-0.1, -0.05) is 18.2 Å². The van der Waals surface area contributed by atoms with E-state index in [0.717, 1.165) is 0 Å². The van der Waals surface area contributed by atoms with E-state index in [1.165, 1.54) is 6.20 Å². The SMILES string of the molecule is NC(=O)C(=O)n1cc2ccccc2nc1=O. The van der Waals surface area contributed by atoms with Crippen molar-refractivity contribution in [3.8, 4) is 0 Å². The number of nitrogens with zero attached hydrogens (tertiary/aromatic N) is 2. The van der Waals surface area contributed by atoms with E-state index < -0.39 is 17.5 Å². The van der Waals surface area contributed by atoms with Crippen LogP contribution in [0, 0.1) is 0 Å². The van der Waals surface area contributed by atoms with Gasteiger partial charge in [0.05, 0.1) is 5.52 Å². The fourth-order valence-electron chi connectivity index (χ4n) is 1.31. The van der Waals surface area contributed by atoms with Gasteiger partial charge >= 0.3 is 17.5 Å². The second-order valence-electron chi connectivity index (χ2n) is 3.12. The lowest BCUT2D eigenvalue weighted by Gasteiger charge is -2.01. The van der Waals surface area contributed by atoms with Crippen molar-refractivity contribution in [3.63, 3.8) is 0 Å². The second kappa shape index (κ2) is 3.58. The third kappa shape index (κ3) is 1.56. The molecule has 2 N–H and O–H groups in total. The van der Waals surface area contributed by atoms with Crippen LogP contribution in [0.15, 0.2) is 35.3 Å². The summed E-state index contributed by atoms with van der Waals surface area (Å²) in [6.45, 7) is 0. The van der Waals surface area contributed by atoms with Crippen LogP contribution < -0.4 is 11.4 Å². The van der Waals surface area contributed by atoms with Crippen molar-refractivity contribution < 1.29 is 9.59 Å². The van der Waals surface area contributed by atoms with Crippen molar-refractivity contribution in [2.45, 2.75) is 0 Å². The topological polar surface area (TPSA) is 95.1 Å². The Labute approximate surface area is 89.3 Å². The van der Waals surface area contributed by atoms with Crippen LogP contribution in [0.3, 0.4) is 0 Å². The molecule has 0 radical (unpaired) electrons. The highest BCUT2D eigenvalue weighted by molar-refractivity contribution is 6.35. The average molecular weight is 217 g/mol. The molecule has 0 aliphatic rings. The van der Waals surface area contributed by atoms with E-state index >= 15 is 0 Å². The second-order valence-corrected chi connectivity index (χ2v) is 3.12. The fourth-order valence-corrected chi connectivity index (χ4v) is 1.31. The van der Waals surface area contributed by atoms with Crippen LogP contribution in [0.5, 0.6) is 0 Å². The lowest BCUT2D eigenvalue weighted by atomic mass is 10.2. The van der Waals surface area contributed by atoms with Gasteiger partial charge in [-0.25, -0.2) is 9.36 Å². The summed E-state index contributed by atoms with van der Waals surface area (Å²) >= 11 is 0. The molecule has 6 nitrogen and oxygen atoms in total. The summed E-state index contributed by atoms with van der Waals surface area (Å²) in [7, 11) is 0. The number of benzene rings is 1. The zero-order valence-corrected chi connectivity index (χ0v) is 8.08. The van der Waals surface area contributed by atoms with Crippen LogP contribution in [0.25, 0.3) is 10.9 Å². The zero-order chi connectivity index (χ0) is 11.7. The molecule has 0 fully saturated rings. The van der Waals surface area contributed by atoms with Crippen molar-refractivity contribution in [1.82, 2.24) is 9.55 Å². The minimum absolute atomic E-state index is 0.459. The minimum atomic E-state index is -1.20. The summed E-state index contributed by atoms with van der Waals surface area (Å²) < 4.78 is 0.602. The van der Waals surface area contributed by atoms with Gasteiger partial charge in [-0.3, -0.25) is 9.59 Å². The largest absolute Gasteiger partial charge is 0.361 e. The number of aromatic nitrogens is 2. The zero-order valence-electron chi connectivity index (χ0n) is 8.08. The molecule has 1 aromatic heterocycles. The van der Waals surface area contributed by atoms with Crippen molar-refractivity contribution in [1.29, 1.82) is 0 Å². The van der Waals surface area contributed by atoms with Gasteiger partial charge in [-0.2, -0.15) is 4.98 Å². The maximum Gasteiger partial charge on any atom is 0.355 e. The van der Waals surface area contributed by atoms with Crippen LogP contribution in [0.1, 0.15) is 4.79 Å². The smallest absolute Gasteiger partial charge is 0.355 e. The summed E-state index contributed by atoms with van der Waals surface area (Å²) in [5.41, 5.74) is 4.45. The van der Waals surface area contributed by atoms with E-state index in [-0.39, 0.29) is 0 Å². The van der Waals surface area contributed by atoms with Gasteiger partial charge < -0.3 is 5.73 Å². The van der Waals surface area contributed by atoms with Gasteiger partial charge in [0.2, 0.25) is 0 Å². The molecule has 0 saturated carbocycles. The molecule has 0 aliphatic carbocycles. The van der Waals surface area contributed by atoms with Gasteiger partial charge in [0, 0.05) is 11.6 Å². The third-order valence-electron chi connectivity index (χ3n) is 2.06. The van der Waals surface area contributed by atoms with Crippen LogP contribution in [-0.4, -0.2) is 21.4 Å². The van der Waals surface area contributed by atoms with Crippen molar-refractivity contribution in [2.75, 3.05) is 0 Å². The molecule has 1 amide bonds. The molecular weight excluding hydrogens is 210 g/mol. The first-order valence-corrected chi connectivity index (χ1v) is 4.42. The van der Waals surface area contributed by atoms with E-state index in [1.807, 2.05) is 0 Å². The standard InChI is InChI=1S/C10H7N3O3/c11-8(14)9(15)13-5-6-3-1-2-4-7(6)12-10(13)16/h1-5H,(H2,11,14). The number of carbonyl (C=O) groups excluding carboxylic acids is 2. The molecular formula is C10H7N3O3. The van der Waals surface area contributed by atoms with E-state index in [4.69, 9.17) is 5.73 Å². The monoisotopic (exact) mass is 217 g/mol. The number of para-hydroxylation sites is 1. The van der Waals surface area contributed by atoms with Crippen molar-refractivity contribution >= 4 is 22.7 Å². The van der Waals surface area contributed by atoms with Crippen LogP contribution in [0.2, 0.25) is 0 Å². The fraction of sp³-hybridized carbons (Fsp3) is 0. The first-order chi connectivity index (χ1) is 7.59.